The van der Waals surface area contributed by atoms with Gasteiger partial charge in [-0.25, -0.2) is 0 Å². The Bertz CT molecular complexity index is 351. The zero-order chi connectivity index (χ0) is 8.77. The minimum Gasteiger partial charge on any atom is -0.398 e. The monoisotopic (exact) mass is 160 g/mol. The van der Waals surface area contributed by atoms with Gasteiger partial charge in [0.05, 0.1) is 5.69 Å². The summed E-state index contributed by atoms with van der Waals surface area (Å²) >= 11 is 0. The zero-order valence-corrected chi connectivity index (χ0v) is 7.33. The number of fused-ring (bicyclic) bond motifs is 1. The summed E-state index contributed by atoms with van der Waals surface area (Å²) in [7, 11) is 0. The second kappa shape index (κ2) is 2.09. The molecule has 0 aromatic heterocycles. The van der Waals surface area contributed by atoms with Crippen LogP contribution in [0.5, 0.6) is 0 Å². The average molecular weight is 160 g/mol. The van der Waals surface area contributed by atoms with Gasteiger partial charge in [0.15, 0.2) is 0 Å². The highest BCUT2D eigenvalue weighted by Crippen LogP contribution is 2.39. The maximum atomic E-state index is 5.87. The molecule has 1 aliphatic heterocycles. The Morgan fingerprint density at radius 3 is 2.75 bits per heavy atom. The van der Waals surface area contributed by atoms with Crippen LogP contribution in [0.1, 0.15) is 19.4 Å². The molecule has 0 aliphatic carbocycles. The van der Waals surface area contributed by atoms with E-state index in [4.69, 9.17) is 5.73 Å². The summed E-state index contributed by atoms with van der Waals surface area (Å²) in [5.74, 6) is 0. The van der Waals surface area contributed by atoms with Gasteiger partial charge in [0.25, 0.3) is 0 Å². The molecule has 62 valence electrons. The molecule has 0 amide bonds. The van der Waals surface area contributed by atoms with Gasteiger partial charge in [0.2, 0.25) is 0 Å². The van der Waals surface area contributed by atoms with Gasteiger partial charge in [0, 0.05) is 22.9 Å². The molecule has 1 aromatic rings. The van der Waals surface area contributed by atoms with Crippen LogP contribution in [-0.2, 0) is 5.41 Å². The standard InChI is InChI=1S/C10H12N2/c1-10(2)6-12-8-5-3-4-7(11)9(8)10/h3-6H,11H2,1-2H3. The number of benzene rings is 1. The van der Waals surface area contributed by atoms with Crippen LogP contribution in [0.2, 0.25) is 0 Å². The van der Waals surface area contributed by atoms with E-state index in [2.05, 4.69) is 18.8 Å². The molecule has 0 saturated heterocycles. The predicted octanol–water partition coefficient (Wildman–Crippen LogP) is 2.26. The molecule has 0 radical (unpaired) electrons. The smallest absolute Gasteiger partial charge is 0.0687 e. The fourth-order valence-corrected chi connectivity index (χ4v) is 1.66. The average Bonchev–Trinajstić information content (AvgIpc) is 2.29. The van der Waals surface area contributed by atoms with Crippen LogP contribution in [-0.4, -0.2) is 6.21 Å². The van der Waals surface area contributed by atoms with Crippen molar-refractivity contribution in [1.29, 1.82) is 0 Å². The molecule has 2 N–H and O–H groups in total. The molecule has 2 heteroatoms. The lowest BCUT2D eigenvalue weighted by atomic mass is 9.86. The van der Waals surface area contributed by atoms with Gasteiger partial charge in [-0.05, 0) is 12.1 Å². The molecule has 0 unspecified atom stereocenters. The molecule has 12 heavy (non-hydrogen) atoms. The quantitative estimate of drug-likeness (QED) is 0.581. The number of nitrogen functional groups attached to an aromatic ring is 1. The van der Waals surface area contributed by atoms with Crippen LogP contribution in [0.4, 0.5) is 11.4 Å². The summed E-state index contributed by atoms with van der Waals surface area (Å²) < 4.78 is 0. The van der Waals surface area contributed by atoms with E-state index in [1.807, 2.05) is 24.4 Å². The number of rotatable bonds is 0. The van der Waals surface area contributed by atoms with Crippen LogP contribution in [0, 0.1) is 0 Å². The van der Waals surface area contributed by atoms with Crippen molar-refractivity contribution in [3.05, 3.63) is 23.8 Å². The third-order valence-electron chi connectivity index (χ3n) is 2.25. The summed E-state index contributed by atoms with van der Waals surface area (Å²) in [6, 6.07) is 5.86. The highest BCUT2D eigenvalue weighted by molar-refractivity contribution is 5.88. The van der Waals surface area contributed by atoms with Crippen LogP contribution < -0.4 is 5.73 Å². The first-order valence-corrected chi connectivity index (χ1v) is 4.05. The molecule has 2 rings (SSSR count). The van der Waals surface area contributed by atoms with Crippen LogP contribution in [0.3, 0.4) is 0 Å². The second-order valence-electron chi connectivity index (χ2n) is 3.72. The van der Waals surface area contributed by atoms with E-state index in [1.165, 1.54) is 0 Å². The van der Waals surface area contributed by atoms with E-state index < -0.39 is 0 Å². The van der Waals surface area contributed by atoms with Crippen molar-refractivity contribution < 1.29 is 0 Å². The summed E-state index contributed by atoms with van der Waals surface area (Å²) in [6.07, 6.45) is 1.95. The number of nitrogens with two attached hydrogens (primary N) is 1. The molecule has 1 aromatic carbocycles. The first-order valence-electron chi connectivity index (χ1n) is 4.05. The number of anilines is 1. The molecule has 1 heterocycles. The van der Waals surface area contributed by atoms with Crippen molar-refractivity contribution in [3.63, 3.8) is 0 Å². The van der Waals surface area contributed by atoms with Crippen molar-refractivity contribution in [2.45, 2.75) is 19.3 Å². The second-order valence-corrected chi connectivity index (χ2v) is 3.72. The summed E-state index contributed by atoms with van der Waals surface area (Å²) in [5.41, 5.74) is 8.88. The Kier molecular flexibility index (Phi) is 1.28. The fourth-order valence-electron chi connectivity index (χ4n) is 1.66. The van der Waals surface area contributed by atoms with Gasteiger partial charge < -0.3 is 5.73 Å². The van der Waals surface area contributed by atoms with E-state index in [0.717, 1.165) is 16.9 Å². The fraction of sp³-hybridized carbons (Fsp3) is 0.300. The van der Waals surface area contributed by atoms with Crippen molar-refractivity contribution in [2.24, 2.45) is 4.99 Å². The van der Waals surface area contributed by atoms with Gasteiger partial charge in [0.1, 0.15) is 0 Å². The van der Waals surface area contributed by atoms with Gasteiger partial charge >= 0.3 is 0 Å². The van der Waals surface area contributed by atoms with E-state index in [9.17, 15) is 0 Å². The Balaban J connectivity index is 2.70. The van der Waals surface area contributed by atoms with Gasteiger partial charge in [-0.1, -0.05) is 19.9 Å². The van der Waals surface area contributed by atoms with Crippen LogP contribution >= 0.6 is 0 Å². The summed E-state index contributed by atoms with van der Waals surface area (Å²) in [5, 5.41) is 0. The van der Waals surface area contributed by atoms with E-state index >= 15 is 0 Å². The van der Waals surface area contributed by atoms with E-state index in [-0.39, 0.29) is 5.41 Å². The Labute approximate surface area is 72.1 Å². The molecule has 0 saturated carbocycles. The number of nitrogens with zero attached hydrogens (tertiary/aromatic N) is 1. The predicted molar refractivity (Wildman–Crippen MR) is 52.0 cm³/mol. The third-order valence-corrected chi connectivity index (χ3v) is 2.25. The lowest BCUT2D eigenvalue weighted by molar-refractivity contribution is 0.755. The van der Waals surface area contributed by atoms with Crippen molar-refractivity contribution >= 4 is 17.6 Å². The molecular formula is C10H12N2. The molecule has 1 aliphatic rings. The Morgan fingerprint density at radius 1 is 1.33 bits per heavy atom. The maximum Gasteiger partial charge on any atom is 0.0687 e. The number of hydrogen-bond donors (Lipinski definition) is 1. The lowest BCUT2D eigenvalue weighted by Gasteiger charge is -2.17. The SMILES string of the molecule is CC1(C)C=Nc2cccc(N)c21. The highest BCUT2D eigenvalue weighted by Gasteiger charge is 2.28. The largest absolute Gasteiger partial charge is 0.398 e. The number of hydrogen-bond acceptors (Lipinski definition) is 2. The molecular weight excluding hydrogens is 148 g/mol. The Morgan fingerprint density at radius 2 is 2.08 bits per heavy atom. The number of aliphatic imine (C=N–C) groups is 1. The maximum absolute atomic E-state index is 5.87. The molecule has 0 fully saturated rings. The molecule has 2 nitrogen and oxygen atoms in total. The molecule has 0 bridgehead atoms. The normalized spacial score (nSPS) is 17.8. The zero-order valence-electron chi connectivity index (χ0n) is 7.33. The van der Waals surface area contributed by atoms with Gasteiger partial charge in [-0.3, -0.25) is 4.99 Å². The first-order chi connectivity index (χ1) is 5.61. The summed E-state index contributed by atoms with van der Waals surface area (Å²) in [4.78, 5) is 4.31. The van der Waals surface area contributed by atoms with Crippen LogP contribution in [0.25, 0.3) is 0 Å². The van der Waals surface area contributed by atoms with E-state index in [1.54, 1.807) is 0 Å². The van der Waals surface area contributed by atoms with E-state index in [0.29, 0.717) is 0 Å². The Hall–Kier alpha value is -1.31. The summed E-state index contributed by atoms with van der Waals surface area (Å²) in [6.45, 7) is 4.25. The topological polar surface area (TPSA) is 38.4 Å². The molecule has 0 spiro atoms. The first kappa shape index (κ1) is 7.35. The minimum absolute atomic E-state index is 0.000671. The lowest BCUT2D eigenvalue weighted by Crippen LogP contribution is -2.16. The van der Waals surface area contributed by atoms with Gasteiger partial charge in [-0.2, -0.15) is 0 Å². The van der Waals surface area contributed by atoms with Gasteiger partial charge in [-0.15, -0.1) is 0 Å². The molecule has 0 atom stereocenters. The van der Waals surface area contributed by atoms with Crippen LogP contribution in [0.15, 0.2) is 23.2 Å². The minimum atomic E-state index is 0.000671. The van der Waals surface area contributed by atoms with Crippen molar-refractivity contribution in [1.82, 2.24) is 0 Å². The highest BCUT2D eigenvalue weighted by atomic mass is 14.8. The van der Waals surface area contributed by atoms with Crippen molar-refractivity contribution in [3.8, 4) is 0 Å². The van der Waals surface area contributed by atoms with Crippen molar-refractivity contribution in [2.75, 3.05) is 5.73 Å². The third kappa shape index (κ3) is 0.843.